The van der Waals surface area contributed by atoms with Crippen LogP contribution in [-0.4, -0.2) is 6.61 Å². The Morgan fingerprint density at radius 1 is 1.11 bits per heavy atom. The van der Waals surface area contributed by atoms with Crippen LogP contribution in [0.1, 0.15) is 18.0 Å². The Morgan fingerprint density at radius 3 is 2.67 bits per heavy atom. The van der Waals surface area contributed by atoms with Gasteiger partial charge in [0.2, 0.25) is 0 Å². The summed E-state index contributed by atoms with van der Waals surface area (Å²) in [6.45, 7) is 0.637. The summed E-state index contributed by atoms with van der Waals surface area (Å²) >= 11 is 6.28. The highest BCUT2D eigenvalue weighted by molar-refractivity contribution is 6.32. The molecule has 0 saturated heterocycles. The fraction of sp³-hybridized carbons (Fsp3) is 0.200. The van der Waals surface area contributed by atoms with Crippen molar-refractivity contribution in [2.45, 2.75) is 12.5 Å². The zero-order valence-corrected chi connectivity index (χ0v) is 10.7. The van der Waals surface area contributed by atoms with Gasteiger partial charge in [-0.2, -0.15) is 0 Å². The molecule has 0 amide bonds. The number of benzene rings is 2. The lowest BCUT2D eigenvalue weighted by Crippen LogP contribution is -2.20. The van der Waals surface area contributed by atoms with Gasteiger partial charge in [0.25, 0.3) is 0 Å². The lowest BCUT2D eigenvalue weighted by molar-refractivity contribution is 0.269. The second-order valence-electron chi connectivity index (χ2n) is 4.49. The van der Waals surface area contributed by atoms with Gasteiger partial charge in [0.15, 0.2) is 0 Å². The molecule has 2 aromatic rings. The average Bonchev–Trinajstić information content (AvgIpc) is 2.41. The van der Waals surface area contributed by atoms with E-state index >= 15 is 0 Å². The normalized spacial score (nSPS) is 18.0. The van der Waals surface area contributed by atoms with Crippen molar-refractivity contribution in [2.75, 3.05) is 6.61 Å². The Morgan fingerprint density at radius 2 is 1.89 bits per heavy atom. The summed E-state index contributed by atoms with van der Waals surface area (Å²) in [5, 5.41) is 0.640. The third kappa shape index (κ3) is 1.98. The van der Waals surface area contributed by atoms with E-state index < -0.39 is 0 Å². The number of ether oxygens (including phenoxy) is 1. The number of nitrogens with two attached hydrogens (primary N) is 1. The van der Waals surface area contributed by atoms with E-state index in [0.717, 1.165) is 28.9 Å². The molecule has 92 valence electrons. The van der Waals surface area contributed by atoms with Crippen LogP contribution < -0.4 is 10.5 Å². The maximum Gasteiger partial charge on any atom is 0.142 e. The molecular formula is C15H14ClNO. The average molecular weight is 260 g/mol. The Bertz CT molecular complexity index is 568. The smallest absolute Gasteiger partial charge is 0.142 e. The van der Waals surface area contributed by atoms with Gasteiger partial charge in [-0.1, -0.05) is 41.9 Å². The van der Waals surface area contributed by atoms with Crippen molar-refractivity contribution in [1.82, 2.24) is 0 Å². The first-order valence-corrected chi connectivity index (χ1v) is 6.41. The molecule has 0 saturated carbocycles. The Hall–Kier alpha value is -1.51. The minimum Gasteiger partial charge on any atom is -0.492 e. The minimum absolute atomic E-state index is 0.00918. The largest absolute Gasteiger partial charge is 0.492 e. The van der Waals surface area contributed by atoms with E-state index in [-0.39, 0.29) is 6.04 Å². The number of rotatable bonds is 1. The molecule has 0 aliphatic carbocycles. The van der Waals surface area contributed by atoms with Gasteiger partial charge in [0.05, 0.1) is 11.6 Å². The van der Waals surface area contributed by atoms with E-state index in [0.29, 0.717) is 11.6 Å². The van der Waals surface area contributed by atoms with Gasteiger partial charge in [0, 0.05) is 18.0 Å². The Balaban J connectivity index is 2.14. The first-order chi connectivity index (χ1) is 8.75. The molecule has 0 radical (unpaired) electrons. The second-order valence-corrected chi connectivity index (χ2v) is 4.89. The zero-order chi connectivity index (χ0) is 12.5. The number of hydrogen-bond acceptors (Lipinski definition) is 2. The molecule has 0 spiro atoms. The van der Waals surface area contributed by atoms with Gasteiger partial charge in [0.1, 0.15) is 5.75 Å². The van der Waals surface area contributed by atoms with Crippen molar-refractivity contribution in [1.29, 1.82) is 0 Å². The lowest BCUT2D eigenvalue weighted by Gasteiger charge is -2.24. The molecule has 2 aromatic carbocycles. The quantitative estimate of drug-likeness (QED) is 0.846. The molecule has 0 fully saturated rings. The minimum atomic E-state index is 0.00918. The second kappa shape index (κ2) is 4.63. The van der Waals surface area contributed by atoms with E-state index in [1.807, 2.05) is 24.3 Å². The topological polar surface area (TPSA) is 35.2 Å². The van der Waals surface area contributed by atoms with Crippen LogP contribution >= 0.6 is 11.6 Å². The number of fused-ring (bicyclic) bond motifs is 1. The maximum atomic E-state index is 6.28. The summed E-state index contributed by atoms with van der Waals surface area (Å²) in [5.41, 5.74) is 9.35. The summed E-state index contributed by atoms with van der Waals surface area (Å²) in [6.07, 6.45) is 0.835. The van der Waals surface area contributed by atoms with E-state index in [2.05, 4.69) is 18.2 Å². The van der Waals surface area contributed by atoms with Gasteiger partial charge in [-0.25, -0.2) is 0 Å². The van der Waals surface area contributed by atoms with Crippen molar-refractivity contribution in [3.05, 3.63) is 53.1 Å². The lowest BCUT2D eigenvalue weighted by atomic mass is 9.96. The summed E-state index contributed by atoms with van der Waals surface area (Å²) in [6, 6.07) is 14.2. The predicted octanol–water partition coefficient (Wildman–Crippen LogP) is 3.79. The van der Waals surface area contributed by atoms with Crippen LogP contribution in [-0.2, 0) is 0 Å². The number of halogens is 1. The van der Waals surface area contributed by atoms with Crippen LogP contribution in [0.3, 0.4) is 0 Å². The first kappa shape index (κ1) is 11.6. The maximum absolute atomic E-state index is 6.28. The fourth-order valence-corrected chi connectivity index (χ4v) is 2.56. The first-order valence-electron chi connectivity index (χ1n) is 6.03. The molecule has 1 aliphatic heterocycles. The van der Waals surface area contributed by atoms with E-state index in [4.69, 9.17) is 22.1 Å². The van der Waals surface area contributed by atoms with Gasteiger partial charge < -0.3 is 10.5 Å². The molecular weight excluding hydrogens is 246 g/mol. The van der Waals surface area contributed by atoms with Crippen molar-refractivity contribution < 1.29 is 4.74 Å². The third-order valence-corrected chi connectivity index (χ3v) is 3.53. The molecule has 3 heteroatoms. The highest BCUT2D eigenvalue weighted by Crippen LogP contribution is 2.40. The Kier molecular flexibility index (Phi) is 2.98. The van der Waals surface area contributed by atoms with E-state index in [9.17, 15) is 0 Å². The molecule has 18 heavy (non-hydrogen) atoms. The molecule has 2 nitrogen and oxygen atoms in total. The van der Waals surface area contributed by atoms with Crippen molar-refractivity contribution in [2.24, 2.45) is 5.73 Å². The van der Waals surface area contributed by atoms with Gasteiger partial charge in [-0.3, -0.25) is 0 Å². The summed E-state index contributed by atoms with van der Waals surface area (Å²) in [7, 11) is 0. The highest BCUT2D eigenvalue weighted by atomic mass is 35.5. The third-order valence-electron chi connectivity index (χ3n) is 3.25. The van der Waals surface area contributed by atoms with Crippen LogP contribution in [0.15, 0.2) is 42.5 Å². The van der Waals surface area contributed by atoms with Crippen molar-refractivity contribution in [3.8, 4) is 16.9 Å². The fourth-order valence-electron chi connectivity index (χ4n) is 2.28. The predicted molar refractivity (Wildman–Crippen MR) is 73.9 cm³/mol. The number of hydrogen-bond donors (Lipinski definition) is 1. The van der Waals surface area contributed by atoms with E-state index in [1.165, 1.54) is 0 Å². The van der Waals surface area contributed by atoms with Gasteiger partial charge in [-0.05, 0) is 23.3 Å². The molecule has 0 aromatic heterocycles. The molecule has 0 bridgehead atoms. The Labute approximate surface area is 111 Å². The molecule has 1 atom stereocenters. The van der Waals surface area contributed by atoms with Crippen molar-refractivity contribution in [3.63, 3.8) is 0 Å². The monoisotopic (exact) mass is 259 g/mol. The molecule has 1 heterocycles. The molecule has 2 N–H and O–H groups in total. The van der Waals surface area contributed by atoms with Crippen LogP contribution in [0, 0.1) is 0 Å². The molecule has 3 rings (SSSR count). The van der Waals surface area contributed by atoms with Crippen LogP contribution in [0.5, 0.6) is 5.75 Å². The zero-order valence-electron chi connectivity index (χ0n) is 9.90. The standard InChI is InChI=1S/C15H14ClNO/c16-13-9-11(10-4-2-1-3-5-10)8-12-14(17)6-7-18-15(12)13/h1-5,8-9,14H,6-7,17H2/t14-/m1/s1. The summed E-state index contributed by atoms with van der Waals surface area (Å²) in [4.78, 5) is 0. The molecule has 1 aliphatic rings. The summed E-state index contributed by atoms with van der Waals surface area (Å²) < 4.78 is 5.60. The molecule has 0 unspecified atom stereocenters. The van der Waals surface area contributed by atoms with Crippen LogP contribution in [0.25, 0.3) is 11.1 Å². The van der Waals surface area contributed by atoms with Crippen LogP contribution in [0.2, 0.25) is 5.02 Å². The SMILES string of the molecule is N[C@@H]1CCOc2c(Cl)cc(-c3ccccc3)cc21. The summed E-state index contributed by atoms with van der Waals surface area (Å²) in [5.74, 6) is 0.745. The van der Waals surface area contributed by atoms with Gasteiger partial charge in [-0.15, -0.1) is 0 Å². The van der Waals surface area contributed by atoms with E-state index in [1.54, 1.807) is 0 Å². The van der Waals surface area contributed by atoms with Crippen LogP contribution in [0.4, 0.5) is 0 Å². The van der Waals surface area contributed by atoms with Gasteiger partial charge >= 0.3 is 0 Å². The van der Waals surface area contributed by atoms with Crippen molar-refractivity contribution >= 4 is 11.6 Å². The highest BCUT2D eigenvalue weighted by Gasteiger charge is 2.21.